The molecule has 0 radical (unpaired) electrons. The lowest BCUT2D eigenvalue weighted by Gasteiger charge is -2.34. The number of piperidine rings is 1. The maximum Gasteiger partial charge on any atom is 0.338 e. The van der Waals surface area contributed by atoms with Gasteiger partial charge in [0.25, 0.3) is 23.6 Å². The minimum absolute atomic E-state index is 0.0807. The number of halogens is 1. The van der Waals surface area contributed by atoms with E-state index < -0.39 is 41.1 Å². The molecule has 212 valence electrons. The highest BCUT2D eigenvalue weighted by Crippen LogP contribution is 2.34. The van der Waals surface area contributed by atoms with Gasteiger partial charge < -0.3 is 14.6 Å². The molecule has 1 fully saturated rings. The molecule has 1 aromatic heterocycles. The second kappa shape index (κ2) is 10.8. The fourth-order valence-corrected chi connectivity index (χ4v) is 4.59. The first-order valence-electron chi connectivity index (χ1n) is 13.1. The molecule has 1 atom stereocenters. The van der Waals surface area contributed by atoms with Crippen molar-refractivity contribution in [3.8, 4) is 11.5 Å². The first-order chi connectivity index (χ1) is 19.5. The number of nitrogens with one attached hydrogen (secondary N) is 1. The second-order valence-corrected chi connectivity index (χ2v) is 10.8. The molecule has 4 amide bonds. The minimum atomic E-state index is -1.30. The Morgan fingerprint density at radius 2 is 1.85 bits per heavy atom. The smallest absolute Gasteiger partial charge is 0.338 e. The number of benzene rings is 2. The van der Waals surface area contributed by atoms with Crippen molar-refractivity contribution in [1.29, 1.82) is 0 Å². The van der Waals surface area contributed by atoms with E-state index in [9.17, 15) is 24.0 Å². The third-order valence-electron chi connectivity index (χ3n) is 7.31. The van der Waals surface area contributed by atoms with Crippen LogP contribution < -0.4 is 5.32 Å². The Bertz CT molecular complexity index is 1560. The molecule has 1 saturated heterocycles. The maximum atomic E-state index is 13.6. The van der Waals surface area contributed by atoms with Gasteiger partial charge in [-0.2, -0.15) is 0 Å². The lowest BCUT2D eigenvalue weighted by Crippen LogP contribution is -2.57. The number of hydroxylamine groups is 2. The number of oxazole rings is 1. The molecule has 0 bridgehead atoms. The van der Waals surface area contributed by atoms with Crippen LogP contribution in [0.15, 0.2) is 53.1 Å². The van der Waals surface area contributed by atoms with Crippen molar-refractivity contribution in [2.45, 2.75) is 52.6 Å². The number of hydrogen-bond acceptors (Lipinski definition) is 9. The zero-order valence-electron chi connectivity index (χ0n) is 22.6. The van der Waals surface area contributed by atoms with Gasteiger partial charge in [0, 0.05) is 22.7 Å². The lowest BCUT2D eigenvalue weighted by molar-refractivity contribution is -0.213. The number of fused-ring (bicyclic) bond motifs is 1. The summed E-state index contributed by atoms with van der Waals surface area (Å²) in [6.07, 6.45) is 1.70. The summed E-state index contributed by atoms with van der Waals surface area (Å²) >= 11 is 5.94. The van der Waals surface area contributed by atoms with E-state index in [-0.39, 0.29) is 30.5 Å². The van der Waals surface area contributed by atoms with Gasteiger partial charge in [0.2, 0.25) is 5.89 Å². The van der Waals surface area contributed by atoms with Crippen molar-refractivity contribution in [2.75, 3.05) is 5.32 Å². The van der Waals surface area contributed by atoms with Crippen LogP contribution in [0, 0.1) is 5.41 Å². The van der Waals surface area contributed by atoms with Crippen LogP contribution in [-0.2, 0) is 25.8 Å². The predicted octanol–water partition coefficient (Wildman–Crippen LogP) is 4.62. The highest BCUT2D eigenvalue weighted by Gasteiger charge is 2.49. The number of carbonyl (C=O) groups excluding carboxylic acids is 5. The second-order valence-electron chi connectivity index (χ2n) is 10.4. The molecule has 1 unspecified atom stereocenters. The quantitative estimate of drug-likeness (QED) is 0.379. The molecular weight excluding hydrogens is 552 g/mol. The molecule has 2 aliphatic heterocycles. The van der Waals surface area contributed by atoms with Gasteiger partial charge in [-0.3, -0.25) is 24.1 Å². The third-order valence-corrected chi connectivity index (χ3v) is 7.56. The number of amides is 4. The predicted molar refractivity (Wildman–Crippen MR) is 146 cm³/mol. The number of aromatic nitrogens is 1. The lowest BCUT2D eigenvalue weighted by atomic mass is 9.91. The van der Waals surface area contributed by atoms with Gasteiger partial charge in [0.15, 0.2) is 0 Å². The molecule has 3 heterocycles. The van der Waals surface area contributed by atoms with Crippen molar-refractivity contribution in [2.24, 2.45) is 5.41 Å². The number of nitrogens with zero attached hydrogens (tertiary/aromatic N) is 3. The van der Waals surface area contributed by atoms with Crippen LogP contribution in [0.3, 0.4) is 0 Å². The summed E-state index contributed by atoms with van der Waals surface area (Å²) in [7, 11) is 0. The molecule has 11 nitrogen and oxygen atoms in total. The Kier molecular flexibility index (Phi) is 7.39. The molecule has 0 saturated carbocycles. The van der Waals surface area contributed by atoms with Crippen LogP contribution in [0.1, 0.15) is 66.5 Å². The van der Waals surface area contributed by atoms with Gasteiger partial charge in [0.1, 0.15) is 11.8 Å². The monoisotopic (exact) mass is 578 g/mol. The fourth-order valence-electron chi connectivity index (χ4n) is 4.46. The van der Waals surface area contributed by atoms with E-state index in [1.165, 1.54) is 6.07 Å². The summed E-state index contributed by atoms with van der Waals surface area (Å²) in [6, 6.07) is 10.4. The molecule has 2 aliphatic rings. The number of anilines is 1. The van der Waals surface area contributed by atoms with Gasteiger partial charge in [0.05, 0.1) is 29.3 Å². The number of imide groups is 2. The number of carbonyl (C=O) groups is 5. The Morgan fingerprint density at radius 1 is 1.12 bits per heavy atom. The highest BCUT2D eigenvalue weighted by atomic mass is 35.5. The van der Waals surface area contributed by atoms with Crippen LogP contribution in [-0.4, -0.2) is 50.6 Å². The molecule has 0 aliphatic carbocycles. The average Bonchev–Trinajstić information content (AvgIpc) is 3.53. The van der Waals surface area contributed by atoms with Crippen LogP contribution >= 0.6 is 11.6 Å². The summed E-state index contributed by atoms with van der Waals surface area (Å²) < 4.78 is 5.81. The van der Waals surface area contributed by atoms with E-state index in [0.29, 0.717) is 33.8 Å². The summed E-state index contributed by atoms with van der Waals surface area (Å²) in [6.45, 7) is 5.19. The molecule has 2 aromatic carbocycles. The topological polar surface area (TPSA) is 139 Å². The Labute approximate surface area is 240 Å². The zero-order chi connectivity index (χ0) is 29.5. The van der Waals surface area contributed by atoms with E-state index in [0.717, 1.165) is 10.5 Å². The first kappa shape index (κ1) is 28.0. The van der Waals surface area contributed by atoms with Gasteiger partial charge in [-0.25, -0.2) is 9.78 Å². The summed E-state index contributed by atoms with van der Waals surface area (Å²) in [4.78, 5) is 75.6. The molecule has 41 heavy (non-hydrogen) atoms. The fraction of sp³-hybridized carbons (Fsp3) is 0.310. The molecule has 5 rings (SSSR count). The summed E-state index contributed by atoms with van der Waals surface area (Å²) in [5.41, 5.74) is 0.365. The SMILES string of the molecule is CCC(C)(C)C(=O)ON1C(=O)CCC(N2C(=O)c3cccc(NCc4cnc(-c5ccc(Cl)cc5)o4)c3C2=O)C1=O. The van der Waals surface area contributed by atoms with Gasteiger partial charge in [-0.05, 0) is 63.1 Å². The van der Waals surface area contributed by atoms with Gasteiger partial charge in [-0.15, -0.1) is 5.06 Å². The number of hydrogen-bond donors (Lipinski definition) is 1. The molecule has 0 spiro atoms. The van der Waals surface area contributed by atoms with Crippen LogP contribution in [0.4, 0.5) is 5.69 Å². The molecule has 1 N–H and O–H groups in total. The highest BCUT2D eigenvalue weighted by molar-refractivity contribution is 6.30. The van der Waals surface area contributed by atoms with Gasteiger partial charge in [-0.1, -0.05) is 24.6 Å². The Balaban J connectivity index is 1.33. The van der Waals surface area contributed by atoms with Crippen molar-refractivity contribution in [1.82, 2.24) is 14.9 Å². The molecule has 12 heteroatoms. The van der Waals surface area contributed by atoms with Crippen molar-refractivity contribution >= 4 is 46.9 Å². The van der Waals surface area contributed by atoms with E-state index >= 15 is 0 Å². The first-order valence-corrected chi connectivity index (χ1v) is 13.4. The van der Waals surface area contributed by atoms with Crippen molar-refractivity contribution < 1.29 is 33.2 Å². The normalized spacial score (nSPS) is 17.2. The van der Waals surface area contributed by atoms with Crippen molar-refractivity contribution in [3.63, 3.8) is 0 Å². The zero-order valence-corrected chi connectivity index (χ0v) is 23.4. The maximum absolute atomic E-state index is 13.6. The Hall–Kier alpha value is -4.51. The van der Waals surface area contributed by atoms with E-state index in [1.807, 2.05) is 0 Å². The Morgan fingerprint density at radius 3 is 2.56 bits per heavy atom. The van der Waals surface area contributed by atoms with Crippen LogP contribution in [0.2, 0.25) is 5.02 Å². The third kappa shape index (κ3) is 5.20. The largest absolute Gasteiger partial charge is 0.439 e. The summed E-state index contributed by atoms with van der Waals surface area (Å²) in [5.74, 6) is -2.91. The summed E-state index contributed by atoms with van der Waals surface area (Å²) in [5, 5.41) is 4.09. The van der Waals surface area contributed by atoms with Crippen LogP contribution in [0.5, 0.6) is 0 Å². The molecular formula is C29H27ClN4O7. The van der Waals surface area contributed by atoms with E-state index in [1.54, 1.807) is 63.4 Å². The van der Waals surface area contributed by atoms with E-state index in [4.69, 9.17) is 20.9 Å². The minimum Gasteiger partial charge on any atom is -0.439 e. The molecule has 3 aromatic rings. The van der Waals surface area contributed by atoms with Crippen LogP contribution in [0.25, 0.3) is 11.5 Å². The van der Waals surface area contributed by atoms with Gasteiger partial charge >= 0.3 is 5.97 Å². The average molecular weight is 579 g/mol. The van der Waals surface area contributed by atoms with E-state index in [2.05, 4.69) is 10.3 Å². The number of rotatable bonds is 8. The van der Waals surface area contributed by atoms with Crippen molar-refractivity contribution in [3.05, 3.63) is 70.6 Å². The standard InChI is InChI=1S/C29H27ClN4O7/c1-4-29(2,3)28(39)41-34-22(35)13-12-21(26(34)37)33-25(36)19-6-5-7-20(23(19)27(33)38)31-14-18-15-32-24(40-18)16-8-10-17(30)11-9-16/h5-11,15,21,31H,4,12-14H2,1-3H3.